The molecule has 3 aromatic heterocycles. The highest BCUT2D eigenvalue weighted by Crippen LogP contribution is 2.41. The highest BCUT2D eigenvalue weighted by atomic mass is 15.0. The minimum Gasteiger partial charge on any atom is -0.309 e. The molecule has 0 aliphatic carbocycles. The Labute approximate surface area is 393 Å². The lowest BCUT2D eigenvalue weighted by Crippen LogP contribution is -2.01. The molecule has 0 N–H and O–H groups in total. The van der Waals surface area contributed by atoms with Gasteiger partial charge >= 0.3 is 0 Å². The minimum atomic E-state index is 0.601. The summed E-state index contributed by atoms with van der Waals surface area (Å²) in [4.78, 5) is 15.9. The van der Waals surface area contributed by atoms with Gasteiger partial charge in [0.25, 0.3) is 0 Å². The number of aromatic nitrogens is 5. The van der Waals surface area contributed by atoms with Crippen molar-refractivity contribution in [2.24, 2.45) is 0 Å². The molecule has 0 atom stereocenters. The zero-order chi connectivity index (χ0) is 45.0. The first-order valence-corrected chi connectivity index (χ1v) is 23.0. The standard InChI is InChI=1S/C63H41N5/c1-4-18-42(19-5-1)44-22-14-24-47(38-44)61-64-62(66-63(65-61)49-26-16-29-51(40-49)68-56-33-12-10-30-53(56)54-31-11-13-34-57(54)68)48-25-15-23-46(39-48)52-32-17-35-59-60(52)55-41-45(43-20-6-2-7-21-43)36-37-58(55)67(59)50-27-8-3-9-28-50/h1-41H. The van der Waals surface area contributed by atoms with Crippen molar-refractivity contribution < 1.29 is 0 Å². The topological polar surface area (TPSA) is 48.5 Å². The van der Waals surface area contributed by atoms with Gasteiger partial charge in [-0.05, 0) is 100 Å². The van der Waals surface area contributed by atoms with Crippen LogP contribution in [0.4, 0.5) is 0 Å². The van der Waals surface area contributed by atoms with Crippen LogP contribution in [0, 0.1) is 0 Å². The fraction of sp³-hybridized carbons (Fsp3) is 0. The Hall–Kier alpha value is -9.19. The second kappa shape index (κ2) is 16.4. The van der Waals surface area contributed by atoms with E-state index in [0.29, 0.717) is 17.5 Å². The van der Waals surface area contributed by atoms with Crippen LogP contribution < -0.4 is 0 Å². The van der Waals surface area contributed by atoms with Gasteiger partial charge in [-0.1, -0.05) is 182 Å². The first-order chi connectivity index (χ1) is 33.7. The van der Waals surface area contributed by atoms with Crippen LogP contribution in [0.25, 0.3) is 123 Å². The van der Waals surface area contributed by atoms with Crippen molar-refractivity contribution in [1.82, 2.24) is 24.1 Å². The highest BCUT2D eigenvalue weighted by Gasteiger charge is 2.20. The van der Waals surface area contributed by atoms with E-state index < -0.39 is 0 Å². The van der Waals surface area contributed by atoms with Gasteiger partial charge in [0.05, 0.1) is 22.1 Å². The average molecular weight is 868 g/mol. The molecule has 0 spiro atoms. The summed E-state index contributed by atoms with van der Waals surface area (Å²) >= 11 is 0. The SMILES string of the molecule is c1ccc(-c2cccc(-c3nc(-c4cccc(-c5cccc6c5c5cc(-c7ccccc7)ccc5n6-c5ccccc5)c4)nc(-c4cccc(-n5c6ccccc6c6ccccc65)c4)n3)c2)cc1. The molecule has 0 aliphatic rings. The van der Waals surface area contributed by atoms with E-state index in [-0.39, 0.29) is 0 Å². The molecule has 318 valence electrons. The van der Waals surface area contributed by atoms with Gasteiger partial charge in [-0.25, -0.2) is 15.0 Å². The Kier molecular flexibility index (Phi) is 9.43. The monoisotopic (exact) mass is 867 g/mol. The third-order valence-corrected chi connectivity index (χ3v) is 13.1. The maximum Gasteiger partial charge on any atom is 0.164 e. The van der Waals surface area contributed by atoms with Crippen LogP contribution >= 0.6 is 0 Å². The van der Waals surface area contributed by atoms with E-state index in [1.807, 2.05) is 6.07 Å². The Morgan fingerprint density at radius 3 is 1.28 bits per heavy atom. The Balaban J connectivity index is 0.996. The van der Waals surface area contributed by atoms with Crippen molar-refractivity contribution in [3.8, 4) is 78.9 Å². The van der Waals surface area contributed by atoms with Crippen molar-refractivity contribution in [2.45, 2.75) is 0 Å². The van der Waals surface area contributed by atoms with E-state index in [4.69, 9.17) is 15.0 Å². The van der Waals surface area contributed by atoms with Crippen molar-refractivity contribution in [3.05, 3.63) is 249 Å². The summed E-state index contributed by atoms with van der Waals surface area (Å²) in [5.41, 5.74) is 16.3. The summed E-state index contributed by atoms with van der Waals surface area (Å²) in [6, 6.07) is 88.2. The largest absolute Gasteiger partial charge is 0.309 e. The molecule has 68 heavy (non-hydrogen) atoms. The molecule has 5 heteroatoms. The molecule has 13 rings (SSSR count). The van der Waals surface area contributed by atoms with Crippen LogP contribution in [0.1, 0.15) is 0 Å². The van der Waals surface area contributed by atoms with E-state index in [1.165, 1.54) is 32.7 Å². The molecular weight excluding hydrogens is 827 g/mol. The van der Waals surface area contributed by atoms with Gasteiger partial charge in [-0.2, -0.15) is 0 Å². The van der Waals surface area contributed by atoms with E-state index in [1.54, 1.807) is 0 Å². The number of rotatable bonds is 8. The third kappa shape index (κ3) is 6.76. The second-order valence-corrected chi connectivity index (χ2v) is 17.2. The molecule has 0 radical (unpaired) electrons. The lowest BCUT2D eigenvalue weighted by molar-refractivity contribution is 1.07. The van der Waals surface area contributed by atoms with Crippen LogP contribution in [0.15, 0.2) is 249 Å². The lowest BCUT2D eigenvalue weighted by atomic mass is 9.96. The summed E-state index contributed by atoms with van der Waals surface area (Å²) in [6.45, 7) is 0. The zero-order valence-electron chi connectivity index (χ0n) is 36.9. The van der Waals surface area contributed by atoms with Gasteiger partial charge in [-0.15, -0.1) is 0 Å². The predicted molar refractivity (Wildman–Crippen MR) is 281 cm³/mol. The van der Waals surface area contributed by atoms with Crippen LogP contribution in [0.5, 0.6) is 0 Å². The van der Waals surface area contributed by atoms with E-state index in [9.17, 15) is 0 Å². The smallest absolute Gasteiger partial charge is 0.164 e. The van der Waals surface area contributed by atoms with Crippen LogP contribution in [0.2, 0.25) is 0 Å². The second-order valence-electron chi connectivity index (χ2n) is 17.2. The summed E-state index contributed by atoms with van der Waals surface area (Å²) in [5.74, 6) is 1.81. The van der Waals surface area contributed by atoms with Crippen molar-refractivity contribution in [2.75, 3.05) is 0 Å². The minimum absolute atomic E-state index is 0.601. The lowest BCUT2D eigenvalue weighted by Gasteiger charge is -2.13. The first kappa shape index (κ1) is 39.2. The van der Waals surface area contributed by atoms with Gasteiger partial charge < -0.3 is 9.13 Å². The molecule has 0 amide bonds. The predicted octanol–water partition coefficient (Wildman–Crippen LogP) is 16.1. The van der Waals surface area contributed by atoms with Gasteiger partial charge in [-0.3, -0.25) is 0 Å². The normalized spacial score (nSPS) is 11.5. The summed E-state index contributed by atoms with van der Waals surface area (Å²) < 4.78 is 4.72. The number of hydrogen-bond donors (Lipinski definition) is 0. The van der Waals surface area contributed by atoms with Gasteiger partial charge in [0.15, 0.2) is 17.5 Å². The molecule has 5 nitrogen and oxygen atoms in total. The molecule has 0 saturated heterocycles. The molecule has 0 aliphatic heterocycles. The Morgan fingerprint density at radius 2 is 0.647 bits per heavy atom. The number of fused-ring (bicyclic) bond motifs is 6. The maximum atomic E-state index is 5.33. The number of nitrogens with zero attached hydrogens (tertiary/aromatic N) is 5. The van der Waals surface area contributed by atoms with Gasteiger partial charge in [0.2, 0.25) is 0 Å². The number of benzene rings is 10. The summed E-state index contributed by atoms with van der Waals surface area (Å²) in [6.07, 6.45) is 0. The Bertz CT molecular complexity index is 3970. The number of para-hydroxylation sites is 3. The van der Waals surface area contributed by atoms with Crippen LogP contribution in [-0.2, 0) is 0 Å². The summed E-state index contributed by atoms with van der Waals surface area (Å²) in [7, 11) is 0. The van der Waals surface area contributed by atoms with E-state index >= 15 is 0 Å². The van der Waals surface area contributed by atoms with Crippen molar-refractivity contribution in [3.63, 3.8) is 0 Å². The summed E-state index contributed by atoms with van der Waals surface area (Å²) in [5, 5.41) is 4.82. The van der Waals surface area contributed by atoms with Gasteiger partial charge in [0, 0.05) is 49.6 Å². The third-order valence-electron chi connectivity index (χ3n) is 13.1. The molecule has 13 aromatic rings. The van der Waals surface area contributed by atoms with Crippen molar-refractivity contribution in [1.29, 1.82) is 0 Å². The Morgan fingerprint density at radius 1 is 0.235 bits per heavy atom. The molecule has 0 fully saturated rings. The average Bonchev–Trinajstić information content (AvgIpc) is 3.94. The molecule has 10 aromatic carbocycles. The molecule has 0 saturated carbocycles. The van der Waals surface area contributed by atoms with Gasteiger partial charge in [0.1, 0.15) is 0 Å². The fourth-order valence-electron chi connectivity index (χ4n) is 10.0. The van der Waals surface area contributed by atoms with E-state index in [0.717, 1.165) is 72.4 Å². The molecule has 0 unspecified atom stereocenters. The van der Waals surface area contributed by atoms with Crippen molar-refractivity contribution >= 4 is 43.6 Å². The zero-order valence-corrected chi connectivity index (χ0v) is 36.9. The quantitative estimate of drug-likeness (QED) is 0.153. The van der Waals surface area contributed by atoms with Crippen LogP contribution in [0.3, 0.4) is 0 Å². The highest BCUT2D eigenvalue weighted by molar-refractivity contribution is 6.17. The molecule has 0 bridgehead atoms. The number of hydrogen-bond acceptors (Lipinski definition) is 3. The molecule has 3 heterocycles. The fourth-order valence-corrected chi connectivity index (χ4v) is 10.0. The van der Waals surface area contributed by atoms with Crippen LogP contribution in [-0.4, -0.2) is 24.1 Å². The first-order valence-electron chi connectivity index (χ1n) is 23.0. The molecular formula is C63H41N5. The maximum absolute atomic E-state index is 5.33. The van der Waals surface area contributed by atoms with E-state index in [2.05, 4.69) is 252 Å².